The molecule has 0 radical (unpaired) electrons. The van der Waals surface area contributed by atoms with Crippen molar-refractivity contribution in [2.75, 3.05) is 0 Å². The molecule has 0 bridgehead atoms. The van der Waals surface area contributed by atoms with E-state index in [1.165, 1.54) is 6.26 Å². The third-order valence-corrected chi connectivity index (χ3v) is 3.06. The number of rotatable bonds is 2. The summed E-state index contributed by atoms with van der Waals surface area (Å²) < 4.78 is 16.3. The van der Waals surface area contributed by atoms with Crippen LogP contribution in [0.4, 0.5) is 0 Å². The molecule has 0 amide bonds. The predicted molar refractivity (Wildman–Crippen MR) is 78.4 cm³/mol. The number of carbonyl (C=O) groups excluding carboxylic acids is 2. The van der Waals surface area contributed by atoms with Gasteiger partial charge in [0.15, 0.2) is 12.2 Å². The van der Waals surface area contributed by atoms with Crippen molar-refractivity contribution in [2.24, 2.45) is 10.8 Å². The quantitative estimate of drug-likeness (QED) is 0.734. The first-order valence-electron chi connectivity index (χ1n) is 7.17. The van der Waals surface area contributed by atoms with E-state index in [1.807, 2.05) is 0 Å². The minimum absolute atomic E-state index is 0.344. The molecule has 0 saturated carbocycles. The van der Waals surface area contributed by atoms with Crippen molar-refractivity contribution in [3.8, 4) is 0 Å². The number of ether oxygens (including phenoxy) is 3. The van der Waals surface area contributed by atoms with Gasteiger partial charge in [-0.05, 0) is 54.5 Å². The maximum Gasteiger partial charge on any atom is 0.311 e. The first-order valence-corrected chi connectivity index (χ1v) is 7.17. The zero-order valence-corrected chi connectivity index (χ0v) is 13.9. The molecular weight excluding hydrogens is 272 g/mol. The van der Waals surface area contributed by atoms with Gasteiger partial charge in [-0.25, -0.2) is 0 Å². The van der Waals surface area contributed by atoms with Crippen LogP contribution in [-0.2, 0) is 23.8 Å². The minimum Gasteiger partial charge on any atom is -0.494 e. The Labute approximate surface area is 126 Å². The van der Waals surface area contributed by atoms with Crippen molar-refractivity contribution < 1.29 is 23.8 Å². The van der Waals surface area contributed by atoms with Gasteiger partial charge >= 0.3 is 11.9 Å². The van der Waals surface area contributed by atoms with Crippen LogP contribution in [0.1, 0.15) is 48.5 Å². The molecular formula is C16H26O5. The molecule has 0 N–H and O–H groups in total. The fourth-order valence-electron chi connectivity index (χ4n) is 1.57. The van der Waals surface area contributed by atoms with E-state index in [4.69, 9.17) is 14.2 Å². The van der Waals surface area contributed by atoms with Crippen LogP contribution in [0.2, 0.25) is 0 Å². The van der Waals surface area contributed by atoms with Crippen LogP contribution >= 0.6 is 0 Å². The summed E-state index contributed by atoms with van der Waals surface area (Å²) >= 11 is 0. The highest BCUT2D eigenvalue weighted by molar-refractivity contribution is 5.76. The zero-order valence-electron chi connectivity index (χ0n) is 13.9. The summed E-state index contributed by atoms with van der Waals surface area (Å²) in [6.45, 7) is 12.4. The van der Waals surface area contributed by atoms with Crippen LogP contribution < -0.4 is 0 Å². The van der Waals surface area contributed by atoms with Gasteiger partial charge in [0.25, 0.3) is 0 Å². The Kier molecular flexibility index (Phi) is 5.07. The molecule has 0 unspecified atom stereocenters. The van der Waals surface area contributed by atoms with Crippen molar-refractivity contribution in [1.29, 1.82) is 0 Å². The minimum atomic E-state index is -0.645. The number of carbonyl (C=O) groups is 2. The van der Waals surface area contributed by atoms with Crippen LogP contribution in [-0.4, -0.2) is 30.3 Å². The van der Waals surface area contributed by atoms with E-state index >= 15 is 0 Å². The van der Waals surface area contributed by atoms with Crippen LogP contribution in [0.5, 0.6) is 0 Å². The molecule has 5 nitrogen and oxygen atoms in total. The van der Waals surface area contributed by atoms with Crippen LogP contribution in [0.15, 0.2) is 12.3 Å². The Morgan fingerprint density at radius 2 is 1.43 bits per heavy atom. The van der Waals surface area contributed by atoms with Gasteiger partial charge in [0, 0.05) is 0 Å². The van der Waals surface area contributed by atoms with E-state index in [0.29, 0.717) is 0 Å². The average Bonchev–Trinajstić information content (AvgIpc) is 2.30. The molecule has 0 aromatic carbocycles. The van der Waals surface area contributed by atoms with E-state index in [1.54, 1.807) is 54.5 Å². The monoisotopic (exact) mass is 298 g/mol. The topological polar surface area (TPSA) is 61.8 Å². The highest BCUT2D eigenvalue weighted by Crippen LogP contribution is 2.25. The maximum absolute atomic E-state index is 12.1. The average molecular weight is 298 g/mol. The molecule has 0 saturated heterocycles. The molecule has 1 heterocycles. The Balaban J connectivity index is 2.85. The Bertz CT molecular complexity index is 425. The fraction of sp³-hybridized carbons (Fsp3) is 0.750. The van der Waals surface area contributed by atoms with Crippen molar-refractivity contribution in [3.63, 3.8) is 0 Å². The SMILES string of the molecule is C[C@@H]1OC=C[C@H](OC(=O)C(C)(C)C)[C@@H]1OC(=O)C(C)(C)C. The summed E-state index contributed by atoms with van der Waals surface area (Å²) in [7, 11) is 0. The molecule has 21 heavy (non-hydrogen) atoms. The van der Waals surface area contributed by atoms with Crippen molar-refractivity contribution in [2.45, 2.75) is 66.8 Å². The van der Waals surface area contributed by atoms with Gasteiger partial charge in [-0.15, -0.1) is 0 Å². The summed E-state index contributed by atoms with van der Waals surface area (Å²) in [5.41, 5.74) is -1.24. The highest BCUT2D eigenvalue weighted by Gasteiger charge is 2.39. The first-order chi connectivity index (χ1) is 9.43. The zero-order chi connectivity index (χ0) is 16.4. The summed E-state index contributed by atoms with van der Waals surface area (Å²) in [5.74, 6) is -0.696. The van der Waals surface area contributed by atoms with Gasteiger partial charge in [0.2, 0.25) is 0 Å². The molecule has 0 aliphatic carbocycles. The lowest BCUT2D eigenvalue weighted by atomic mass is 9.96. The molecule has 0 spiro atoms. The van der Waals surface area contributed by atoms with Crippen LogP contribution in [0, 0.1) is 10.8 Å². The maximum atomic E-state index is 12.1. The van der Waals surface area contributed by atoms with Crippen molar-refractivity contribution in [1.82, 2.24) is 0 Å². The fourth-order valence-corrected chi connectivity index (χ4v) is 1.57. The van der Waals surface area contributed by atoms with Crippen LogP contribution in [0.25, 0.3) is 0 Å². The van der Waals surface area contributed by atoms with E-state index in [2.05, 4.69) is 0 Å². The summed E-state index contributed by atoms with van der Waals surface area (Å²) in [5, 5.41) is 0. The van der Waals surface area contributed by atoms with Crippen LogP contribution in [0.3, 0.4) is 0 Å². The smallest absolute Gasteiger partial charge is 0.311 e. The molecule has 5 heteroatoms. The molecule has 0 aromatic heterocycles. The van der Waals surface area contributed by atoms with Gasteiger partial charge in [-0.3, -0.25) is 9.59 Å². The lowest BCUT2D eigenvalue weighted by Gasteiger charge is -2.34. The molecule has 1 rings (SSSR count). The Morgan fingerprint density at radius 1 is 0.952 bits per heavy atom. The standard InChI is InChI=1S/C16H26O5/c1-10-12(21-14(18)16(5,6)7)11(8-9-19-10)20-13(17)15(2,3)4/h8-12H,1-7H3/t10-,11-,12+/m0/s1. The molecule has 120 valence electrons. The molecule has 1 aliphatic rings. The van der Waals surface area contributed by atoms with Gasteiger partial charge in [-0.2, -0.15) is 0 Å². The second-order valence-electron chi connectivity index (χ2n) is 7.41. The summed E-state index contributed by atoms with van der Waals surface area (Å²) in [6.07, 6.45) is 1.43. The van der Waals surface area contributed by atoms with Gasteiger partial charge in [0.05, 0.1) is 17.1 Å². The van der Waals surface area contributed by atoms with Gasteiger partial charge in [0.1, 0.15) is 6.10 Å². The predicted octanol–water partition coefficient (Wildman–Crippen LogP) is 2.83. The van der Waals surface area contributed by atoms with E-state index < -0.39 is 23.0 Å². The normalized spacial score (nSPS) is 26.0. The number of esters is 2. The van der Waals surface area contributed by atoms with Crippen molar-refractivity contribution >= 4 is 11.9 Å². The van der Waals surface area contributed by atoms with Crippen molar-refractivity contribution in [3.05, 3.63) is 12.3 Å². The summed E-state index contributed by atoms with van der Waals surface area (Å²) in [4.78, 5) is 24.1. The molecule has 3 atom stereocenters. The third kappa shape index (κ3) is 4.76. The summed E-state index contributed by atoms with van der Waals surface area (Å²) in [6, 6.07) is 0. The lowest BCUT2D eigenvalue weighted by molar-refractivity contribution is -0.184. The molecule has 0 aromatic rings. The molecule has 0 fully saturated rings. The van der Waals surface area contributed by atoms with Gasteiger partial charge < -0.3 is 14.2 Å². The third-order valence-electron chi connectivity index (χ3n) is 3.06. The number of hydrogen-bond donors (Lipinski definition) is 0. The van der Waals surface area contributed by atoms with Gasteiger partial charge in [-0.1, -0.05) is 0 Å². The van der Waals surface area contributed by atoms with E-state index in [-0.39, 0.29) is 18.0 Å². The second kappa shape index (κ2) is 6.08. The number of hydrogen-bond acceptors (Lipinski definition) is 5. The first kappa shape index (κ1) is 17.5. The Morgan fingerprint density at radius 3 is 1.90 bits per heavy atom. The van der Waals surface area contributed by atoms with E-state index in [9.17, 15) is 9.59 Å². The Hall–Kier alpha value is -1.52. The lowest BCUT2D eigenvalue weighted by Crippen LogP contribution is -2.46. The molecule has 1 aliphatic heterocycles. The largest absolute Gasteiger partial charge is 0.494 e. The second-order valence-corrected chi connectivity index (χ2v) is 7.41. The van der Waals surface area contributed by atoms with E-state index in [0.717, 1.165) is 0 Å². The highest BCUT2D eigenvalue weighted by atomic mass is 16.6.